The molecule has 27 heavy (non-hydrogen) atoms. The summed E-state index contributed by atoms with van der Waals surface area (Å²) in [5.74, 6) is 0.991. The lowest BCUT2D eigenvalue weighted by Crippen LogP contribution is -2.39. The average Bonchev–Trinajstić information content (AvgIpc) is 3.11. The Morgan fingerprint density at radius 3 is 2.30 bits per heavy atom. The zero-order valence-corrected chi connectivity index (χ0v) is 15.2. The second-order valence-corrected chi connectivity index (χ2v) is 7.73. The summed E-state index contributed by atoms with van der Waals surface area (Å²) < 4.78 is 40.8. The molecule has 0 bridgehead atoms. The molecular weight excluding hydrogens is 374 g/mol. The van der Waals surface area contributed by atoms with E-state index in [9.17, 15) is 18.0 Å². The molecule has 0 saturated heterocycles. The maximum Gasteiger partial charge on any atom is 0.316 e. The normalized spacial score (nSPS) is 13.1. The van der Waals surface area contributed by atoms with Crippen molar-refractivity contribution in [3.63, 3.8) is 0 Å². The first-order valence-corrected chi connectivity index (χ1v) is 9.38. The number of ether oxygens (including phenoxy) is 2. The van der Waals surface area contributed by atoms with Crippen LogP contribution in [0.5, 0.6) is 11.5 Å². The highest BCUT2D eigenvalue weighted by atomic mass is 32.2. The Balaban J connectivity index is 1.79. The number of nitrogens with zero attached hydrogens (tertiary/aromatic N) is 2. The fraction of sp³-hybridized carbons (Fsp3) is 0.176. The molecule has 3 aromatic rings. The molecule has 0 saturated carbocycles. The number of sulfonamides is 1. The molecule has 2 aromatic carbocycles. The molecule has 0 radical (unpaired) electrons. The zero-order chi connectivity index (χ0) is 19.3. The Morgan fingerprint density at radius 1 is 0.889 bits per heavy atom. The van der Waals surface area contributed by atoms with Crippen LogP contribution < -0.4 is 25.3 Å². The molecule has 1 aromatic heterocycles. The van der Waals surface area contributed by atoms with Crippen LogP contribution in [0.25, 0.3) is 11.0 Å². The van der Waals surface area contributed by atoms with E-state index in [4.69, 9.17) is 9.47 Å². The van der Waals surface area contributed by atoms with E-state index in [1.807, 2.05) is 0 Å². The van der Waals surface area contributed by atoms with Gasteiger partial charge in [0.25, 0.3) is 10.0 Å². The number of benzene rings is 2. The highest BCUT2D eigenvalue weighted by Gasteiger charge is 2.19. The molecular formula is C17H15N3O6S. The number of anilines is 1. The molecule has 10 heteroatoms. The van der Waals surface area contributed by atoms with E-state index in [0.29, 0.717) is 28.2 Å². The first kappa shape index (κ1) is 17.2. The summed E-state index contributed by atoms with van der Waals surface area (Å²) in [6, 6.07) is 8.92. The van der Waals surface area contributed by atoms with Gasteiger partial charge in [-0.2, -0.15) is 0 Å². The maximum absolute atomic E-state index is 12.8. The van der Waals surface area contributed by atoms with Crippen molar-refractivity contribution in [3.05, 3.63) is 57.1 Å². The lowest BCUT2D eigenvalue weighted by atomic mass is 10.3. The summed E-state index contributed by atoms with van der Waals surface area (Å²) in [5, 5.41) is 0. The minimum atomic E-state index is -3.92. The first-order chi connectivity index (χ1) is 12.8. The smallest absolute Gasteiger partial charge is 0.316 e. The number of nitrogens with one attached hydrogen (secondary N) is 1. The lowest BCUT2D eigenvalue weighted by Gasteiger charge is -2.12. The number of rotatable bonds is 3. The SMILES string of the molecule is Cn1c(=O)c(=O)n(C)c2cc(S(=O)(=O)Nc3ccc4c(c3)OCO4)ccc21. The van der Waals surface area contributed by atoms with Gasteiger partial charge in [0.15, 0.2) is 11.5 Å². The van der Waals surface area contributed by atoms with Crippen LogP contribution in [0.15, 0.2) is 50.9 Å². The van der Waals surface area contributed by atoms with Crippen molar-refractivity contribution in [2.24, 2.45) is 14.1 Å². The van der Waals surface area contributed by atoms with Crippen molar-refractivity contribution in [1.29, 1.82) is 0 Å². The molecule has 9 nitrogen and oxygen atoms in total. The summed E-state index contributed by atoms with van der Waals surface area (Å²) in [7, 11) is -1.04. The molecule has 4 rings (SSSR count). The van der Waals surface area contributed by atoms with E-state index in [0.717, 1.165) is 4.57 Å². The van der Waals surface area contributed by atoms with Crippen LogP contribution in [0.2, 0.25) is 0 Å². The van der Waals surface area contributed by atoms with E-state index < -0.39 is 21.1 Å². The van der Waals surface area contributed by atoms with Gasteiger partial charge in [0.1, 0.15) is 0 Å². The largest absolute Gasteiger partial charge is 0.454 e. The van der Waals surface area contributed by atoms with Crippen LogP contribution in [0.3, 0.4) is 0 Å². The fourth-order valence-corrected chi connectivity index (χ4v) is 3.97. The molecule has 1 N–H and O–H groups in total. The van der Waals surface area contributed by atoms with E-state index in [1.165, 1.54) is 42.9 Å². The van der Waals surface area contributed by atoms with Crippen molar-refractivity contribution in [2.75, 3.05) is 11.5 Å². The summed E-state index contributed by atoms with van der Waals surface area (Å²) in [4.78, 5) is 23.9. The van der Waals surface area contributed by atoms with Crippen molar-refractivity contribution < 1.29 is 17.9 Å². The number of hydrogen-bond donors (Lipinski definition) is 1. The molecule has 2 heterocycles. The second kappa shape index (κ2) is 5.88. The average molecular weight is 389 g/mol. The fourth-order valence-electron chi connectivity index (χ4n) is 2.90. The molecule has 1 aliphatic rings. The van der Waals surface area contributed by atoms with Gasteiger partial charge in [-0.25, -0.2) is 8.42 Å². The zero-order valence-electron chi connectivity index (χ0n) is 14.4. The first-order valence-electron chi connectivity index (χ1n) is 7.90. The number of fused-ring (bicyclic) bond motifs is 2. The Kier molecular flexibility index (Phi) is 3.74. The number of aryl methyl sites for hydroxylation is 2. The van der Waals surface area contributed by atoms with Gasteiger partial charge < -0.3 is 18.6 Å². The van der Waals surface area contributed by atoms with Gasteiger partial charge in [-0.3, -0.25) is 14.3 Å². The highest BCUT2D eigenvalue weighted by molar-refractivity contribution is 7.92. The van der Waals surface area contributed by atoms with Crippen molar-refractivity contribution in [3.8, 4) is 11.5 Å². The summed E-state index contributed by atoms with van der Waals surface area (Å²) in [6.45, 7) is 0.0863. The predicted octanol–water partition coefficient (Wildman–Crippen LogP) is 0.767. The van der Waals surface area contributed by atoms with E-state index in [2.05, 4.69) is 4.72 Å². The minimum Gasteiger partial charge on any atom is -0.454 e. The number of hydrogen-bond acceptors (Lipinski definition) is 6. The molecule has 0 amide bonds. The quantitative estimate of drug-likeness (QED) is 0.663. The van der Waals surface area contributed by atoms with Gasteiger partial charge in [0.05, 0.1) is 21.6 Å². The third kappa shape index (κ3) is 2.74. The Labute approximate surface area is 153 Å². The van der Waals surface area contributed by atoms with Crippen LogP contribution >= 0.6 is 0 Å². The summed E-state index contributed by atoms with van der Waals surface area (Å²) in [6.07, 6.45) is 0. The molecule has 0 fully saturated rings. The van der Waals surface area contributed by atoms with E-state index in [-0.39, 0.29) is 11.7 Å². The van der Waals surface area contributed by atoms with Crippen LogP contribution in [0, 0.1) is 0 Å². The number of aromatic nitrogens is 2. The third-order valence-corrected chi connectivity index (χ3v) is 5.78. The van der Waals surface area contributed by atoms with Crippen LogP contribution in [-0.2, 0) is 24.1 Å². The summed E-state index contributed by atoms with van der Waals surface area (Å²) in [5.41, 5.74) is -0.323. The molecule has 0 spiro atoms. The Bertz CT molecular complexity index is 1310. The van der Waals surface area contributed by atoms with E-state index in [1.54, 1.807) is 12.1 Å². The van der Waals surface area contributed by atoms with Crippen LogP contribution in [-0.4, -0.2) is 24.3 Å². The molecule has 0 unspecified atom stereocenters. The molecule has 140 valence electrons. The van der Waals surface area contributed by atoms with Gasteiger partial charge in [-0.1, -0.05) is 0 Å². The lowest BCUT2D eigenvalue weighted by molar-refractivity contribution is 0.174. The topological polar surface area (TPSA) is 109 Å². The third-order valence-electron chi connectivity index (χ3n) is 4.40. The summed E-state index contributed by atoms with van der Waals surface area (Å²) >= 11 is 0. The maximum atomic E-state index is 12.8. The van der Waals surface area contributed by atoms with Crippen LogP contribution in [0.4, 0.5) is 5.69 Å². The van der Waals surface area contributed by atoms with E-state index >= 15 is 0 Å². The Morgan fingerprint density at radius 2 is 1.56 bits per heavy atom. The molecule has 1 aliphatic heterocycles. The minimum absolute atomic E-state index is 0.0404. The van der Waals surface area contributed by atoms with Gasteiger partial charge in [0.2, 0.25) is 6.79 Å². The van der Waals surface area contributed by atoms with Gasteiger partial charge in [-0.05, 0) is 30.3 Å². The Hall–Kier alpha value is -3.27. The molecule has 0 aliphatic carbocycles. The second-order valence-electron chi connectivity index (χ2n) is 6.05. The van der Waals surface area contributed by atoms with Crippen molar-refractivity contribution in [2.45, 2.75) is 4.90 Å². The van der Waals surface area contributed by atoms with Crippen molar-refractivity contribution in [1.82, 2.24) is 9.13 Å². The predicted molar refractivity (Wildman–Crippen MR) is 97.8 cm³/mol. The van der Waals surface area contributed by atoms with Gasteiger partial charge >= 0.3 is 11.1 Å². The standard InChI is InChI=1S/C17H15N3O6S/c1-19-12-5-4-11(8-13(12)20(2)17(22)16(19)21)27(23,24)18-10-3-6-14-15(7-10)26-9-25-14/h3-8,18H,9H2,1-2H3. The van der Waals surface area contributed by atoms with Crippen molar-refractivity contribution >= 4 is 26.7 Å². The van der Waals surface area contributed by atoms with Gasteiger partial charge in [0, 0.05) is 20.2 Å². The van der Waals surface area contributed by atoms with Crippen LogP contribution in [0.1, 0.15) is 0 Å². The highest BCUT2D eigenvalue weighted by Crippen LogP contribution is 2.34. The monoisotopic (exact) mass is 389 g/mol. The van der Waals surface area contributed by atoms with Gasteiger partial charge in [-0.15, -0.1) is 0 Å². The molecule has 0 atom stereocenters.